The fourth-order valence-electron chi connectivity index (χ4n) is 7.46. The van der Waals surface area contributed by atoms with Crippen LogP contribution in [-0.4, -0.2) is 44.5 Å². The molecule has 5 aromatic rings. The number of benzene rings is 5. The normalized spacial score (nSPS) is 13.2. The number of rotatable bonds is 12. The van der Waals surface area contributed by atoms with Gasteiger partial charge in [-0.2, -0.15) is 0 Å². The quantitative estimate of drug-likeness (QED) is 0.0982. The summed E-state index contributed by atoms with van der Waals surface area (Å²) in [5.74, 6) is -0.482. The number of halogens is 1. The molecule has 6 rings (SSSR count). The lowest BCUT2D eigenvalue weighted by Crippen LogP contribution is -2.64. The van der Waals surface area contributed by atoms with Crippen LogP contribution < -0.4 is 20.4 Å². The van der Waals surface area contributed by atoms with Gasteiger partial charge in [0.15, 0.2) is 0 Å². The van der Waals surface area contributed by atoms with Gasteiger partial charge in [-0.15, -0.1) is 0 Å². The molecule has 1 atom stereocenters. The van der Waals surface area contributed by atoms with Crippen LogP contribution in [0.15, 0.2) is 127 Å². The van der Waals surface area contributed by atoms with Crippen LogP contribution in [0.4, 0.5) is 4.79 Å². The molecule has 0 fully saturated rings. The van der Waals surface area contributed by atoms with Crippen molar-refractivity contribution in [2.24, 2.45) is 0 Å². The Morgan fingerprint density at radius 2 is 1.34 bits per heavy atom. The van der Waals surface area contributed by atoms with E-state index in [1.807, 2.05) is 54.6 Å². The molecule has 0 spiro atoms. The minimum atomic E-state index is -2.28. The molecule has 50 heavy (non-hydrogen) atoms. The van der Waals surface area contributed by atoms with Gasteiger partial charge < -0.3 is 19.9 Å². The summed E-state index contributed by atoms with van der Waals surface area (Å²) >= 11 is 2.24. The summed E-state index contributed by atoms with van der Waals surface area (Å²) in [6.07, 6.45) is -0.644. The van der Waals surface area contributed by atoms with Crippen molar-refractivity contribution in [3.05, 3.63) is 148 Å². The molecule has 8 heteroatoms. The van der Waals surface area contributed by atoms with E-state index in [1.54, 1.807) is 0 Å². The van der Waals surface area contributed by atoms with Crippen LogP contribution >= 0.6 is 22.6 Å². The highest BCUT2D eigenvalue weighted by Crippen LogP contribution is 2.44. The maximum atomic E-state index is 12.9. The number of ether oxygens (including phenoxy) is 2. The van der Waals surface area contributed by atoms with Crippen molar-refractivity contribution in [1.82, 2.24) is 5.32 Å². The van der Waals surface area contributed by atoms with Crippen molar-refractivity contribution in [1.29, 1.82) is 0 Å². The van der Waals surface area contributed by atoms with Gasteiger partial charge in [-0.05, 0) is 73.6 Å². The SMILES string of the molecule is CC(C)(C)[Si](CCOc1ccc(C[C@@H](NC(=O)OCC2c3ccccc3-c3ccccc32)C(=O)O)cc1I)(c1ccccc1)c1ccccc1. The molecule has 0 saturated carbocycles. The maximum absolute atomic E-state index is 12.9. The number of aliphatic carboxylic acids is 1. The molecule has 0 heterocycles. The molecule has 256 valence electrons. The van der Waals surface area contributed by atoms with Crippen molar-refractivity contribution in [2.45, 2.75) is 50.2 Å². The number of carbonyl (C=O) groups excluding carboxylic acids is 1. The Morgan fingerprint density at radius 3 is 1.86 bits per heavy atom. The lowest BCUT2D eigenvalue weighted by atomic mass is 9.98. The highest BCUT2D eigenvalue weighted by Gasteiger charge is 2.47. The Hall–Kier alpha value is -4.41. The van der Waals surface area contributed by atoms with Gasteiger partial charge in [0, 0.05) is 12.3 Å². The van der Waals surface area contributed by atoms with E-state index in [9.17, 15) is 14.7 Å². The average molecular weight is 796 g/mol. The smallest absolute Gasteiger partial charge is 0.407 e. The van der Waals surface area contributed by atoms with Crippen LogP contribution in [0.5, 0.6) is 5.75 Å². The second-order valence-electron chi connectivity index (χ2n) is 13.8. The van der Waals surface area contributed by atoms with E-state index in [0.29, 0.717) is 6.61 Å². The number of carboxylic acid groups (broad SMARTS) is 1. The van der Waals surface area contributed by atoms with Crippen LogP contribution in [0.25, 0.3) is 11.1 Å². The van der Waals surface area contributed by atoms with Crippen molar-refractivity contribution >= 4 is 53.1 Å². The number of fused-ring (bicyclic) bond motifs is 3. The zero-order valence-corrected chi connectivity index (χ0v) is 31.7. The van der Waals surface area contributed by atoms with Gasteiger partial charge in [0.2, 0.25) is 0 Å². The number of alkyl carbamates (subject to hydrolysis) is 1. The molecular weight excluding hydrogens is 753 g/mol. The number of amides is 1. The van der Waals surface area contributed by atoms with Gasteiger partial charge >= 0.3 is 12.1 Å². The average Bonchev–Trinajstić information content (AvgIpc) is 3.43. The largest absolute Gasteiger partial charge is 0.493 e. The molecule has 6 nitrogen and oxygen atoms in total. The summed E-state index contributed by atoms with van der Waals surface area (Å²) in [5, 5.41) is 15.4. The predicted molar refractivity (Wildman–Crippen MR) is 210 cm³/mol. The van der Waals surface area contributed by atoms with Crippen LogP contribution in [0.2, 0.25) is 11.1 Å². The maximum Gasteiger partial charge on any atom is 0.407 e. The van der Waals surface area contributed by atoms with Gasteiger partial charge in [0.1, 0.15) is 26.5 Å². The molecule has 0 aliphatic heterocycles. The van der Waals surface area contributed by atoms with Crippen LogP contribution in [0.1, 0.15) is 43.4 Å². The third-order valence-electron chi connectivity index (χ3n) is 9.92. The van der Waals surface area contributed by atoms with Crippen molar-refractivity contribution in [2.75, 3.05) is 13.2 Å². The predicted octanol–water partition coefficient (Wildman–Crippen LogP) is 8.27. The van der Waals surface area contributed by atoms with Gasteiger partial charge in [-0.25, -0.2) is 9.59 Å². The molecule has 0 saturated heterocycles. The standard InChI is InChI=1S/C42H42INO5Si/c1-42(2,3)50(30-14-6-4-7-15-30,31-16-8-5-9-17-31)25-24-48-39-23-22-29(26-37(39)43)27-38(40(45)46)44-41(47)49-28-36-34-20-12-10-18-32(34)33-19-11-13-21-35(33)36/h4-23,26,36,38H,24-25,27-28H2,1-3H3,(H,44,47)(H,45,46)/t38-/m1/s1. The van der Waals surface area contributed by atoms with E-state index in [0.717, 1.165) is 43.2 Å². The van der Waals surface area contributed by atoms with Gasteiger partial charge in [-0.1, -0.05) is 146 Å². The van der Waals surface area contributed by atoms with E-state index >= 15 is 0 Å². The summed E-state index contributed by atoms with van der Waals surface area (Å²) in [5.41, 5.74) is 5.23. The van der Waals surface area contributed by atoms with Crippen molar-refractivity contribution < 1.29 is 24.2 Å². The number of hydrogen-bond donors (Lipinski definition) is 2. The Bertz CT molecular complexity index is 1880. The lowest BCUT2D eigenvalue weighted by molar-refractivity contribution is -0.139. The van der Waals surface area contributed by atoms with Crippen LogP contribution in [0.3, 0.4) is 0 Å². The Morgan fingerprint density at radius 1 is 0.800 bits per heavy atom. The number of carboxylic acids is 1. The Kier molecular flexibility index (Phi) is 10.8. The fraction of sp³-hybridized carbons (Fsp3) is 0.238. The minimum Gasteiger partial charge on any atom is -0.493 e. The highest BCUT2D eigenvalue weighted by molar-refractivity contribution is 14.1. The third kappa shape index (κ3) is 7.37. The first-order valence-electron chi connectivity index (χ1n) is 16.9. The number of carbonyl (C=O) groups is 2. The summed E-state index contributed by atoms with van der Waals surface area (Å²) in [6.45, 7) is 7.68. The summed E-state index contributed by atoms with van der Waals surface area (Å²) in [7, 11) is -2.28. The zero-order chi connectivity index (χ0) is 35.3. The van der Waals surface area contributed by atoms with E-state index in [-0.39, 0.29) is 24.0 Å². The molecule has 2 N–H and O–H groups in total. The molecule has 0 bridgehead atoms. The van der Waals surface area contributed by atoms with E-state index in [4.69, 9.17) is 9.47 Å². The van der Waals surface area contributed by atoms with Gasteiger partial charge in [0.05, 0.1) is 10.2 Å². The minimum absolute atomic E-state index is 0.0299. The highest BCUT2D eigenvalue weighted by atomic mass is 127. The van der Waals surface area contributed by atoms with E-state index < -0.39 is 26.2 Å². The second kappa shape index (κ2) is 15.2. The first-order chi connectivity index (χ1) is 24.1. The van der Waals surface area contributed by atoms with Crippen molar-refractivity contribution in [3.63, 3.8) is 0 Å². The third-order valence-corrected chi connectivity index (χ3v) is 16.9. The Labute approximate surface area is 309 Å². The van der Waals surface area contributed by atoms with Gasteiger partial charge in [0.25, 0.3) is 0 Å². The zero-order valence-electron chi connectivity index (χ0n) is 28.6. The van der Waals surface area contributed by atoms with Crippen LogP contribution in [0, 0.1) is 3.57 Å². The molecule has 0 radical (unpaired) electrons. The van der Waals surface area contributed by atoms with Crippen LogP contribution in [-0.2, 0) is 16.0 Å². The molecule has 0 aromatic heterocycles. The summed E-state index contributed by atoms with van der Waals surface area (Å²) < 4.78 is 13.0. The summed E-state index contributed by atoms with van der Waals surface area (Å²) in [4.78, 5) is 25.1. The monoisotopic (exact) mass is 795 g/mol. The van der Waals surface area contributed by atoms with E-state index in [1.165, 1.54) is 10.4 Å². The number of hydrogen-bond acceptors (Lipinski definition) is 4. The molecule has 0 unspecified atom stereocenters. The van der Waals surface area contributed by atoms with Gasteiger partial charge in [-0.3, -0.25) is 0 Å². The first kappa shape index (κ1) is 35.4. The number of nitrogens with one attached hydrogen (secondary N) is 1. The molecule has 1 aliphatic rings. The first-order valence-corrected chi connectivity index (χ1v) is 20.2. The Balaban J connectivity index is 1.10. The van der Waals surface area contributed by atoms with Crippen molar-refractivity contribution in [3.8, 4) is 16.9 Å². The molecular formula is C42H42INO5Si. The van der Waals surface area contributed by atoms with E-state index in [2.05, 4.69) is 121 Å². The molecule has 1 aliphatic carbocycles. The molecule has 5 aromatic carbocycles. The molecule has 1 amide bonds. The lowest BCUT2D eigenvalue weighted by Gasteiger charge is -2.44. The topological polar surface area (TPSA) is 84.9 Å². The fourth-order valence-corrected chi connectivity index (χ4v) is 13.5. The summed E-state index contributed by atoms with van der Waals surface area (Å²) in [6, 6.07) is 43.3. The second-order valence-corrected chi connectivity index (χ2v) is 19.9.